The van der Waals surface area contributed by atoms with Gasteiger partial charge in [0.2, 0.25) is 0 Å². The summed E-state index contributed by atoms with van der Waals surface area (Å²) in [4.78, 5) is 12.2. The van der Waals surface area contributed by atoms with Gasteiger partial charge >= 0.3 is 5.97 Å². The molecule has 0 N–H and O–H groups in total. The lowest BCUT2D eigenvalue weighted by Crippen LogP contribution is -2.31. The molecule has 4 heteroatoms. The first-order valence-corrected chi connectivity index (χ1v) is 6.52. The van der Waals surface area contributed by atoms with E-state index in [-0.39, 0.29) is 18.2 Å². The van der Waals surface area contributed by atoms with E-state index in [4.69, 9.17) is 14.2 Å². The zero-order valence-corrected chi connectivity index (χ0v) is 11.8. The molecule has 0 aromatic rings. The van der Waals surface area contributed by atoms with Crippen LogP contribution in [-0.2, 0) is 19.0 Å². The van der Waals surface area contributed by atoms with Crippen molar-refractivity contribution in [2.45, 2.75) is 39.4 Å². The molecule has 3 atom stereocenters. The topological polar surface area (TPSA) is 44.8 Å². The standard InChI is InChI=1S/C15H20O4/c1-9-5-12(17-4)8-13-14(6-9)18-10(2)7-11(3)19-15(13)16/h5-6,8,10-11,13H,7H2,1-4H3/t10-,11+,13-/m0/s1. The largest absolute Gasteiger partial charge is 0.497 e. The fourth-order valence-corrected chi connectivity index (χ4v) is 2.36. The molecule has 1 heterocycles. The maximum Gasteiger partial charge on any atom is 0.320 e. The van der Waals surface area contributed by atoms with Crippen LogP contribution in [-0.4, -0.2) is 25.3 Å². The molecule has 0 saturated carbocycles. The fraction of sp³-hybridized carbons (Fsp3) is 0.533. The van der Waals surface area contributed by atoms with Crippen molar-refractivity contribution >= 4 is 5.97 Å². The van der Waals surface area contributed by atoms with E-state index < -0.39 is 5.92 Å². The molecule has 104 valence electrons. The van der Waals surface area contributed by atoms with Crippen molar-refractivity contribution in [3.05, 3.63) is 35.3 Å². The Kier molecular flexibility index (Phi) is 3.98. The Morgan fingerprint density at radius 3 is 2.58 bits per heavy atom. The number of hydrogen-bond donors (Lipinski definition) is 0. The highest BCUT2D eigenvalue weighted by molar-refractivity contribution is 5.78. The smallest absolute Gasteiger partial charge is 0.320 e. The zero-order chi connectivity index (χ0) is 14.0. The van der Waals surface area contributed by atoms with E-state index >= 15 is 0 Å². The number of fused-ring (bicyclic) bond motifs is 1. The number of rotatable bonds is 1. The minimum Gasteiger partial charge on any atom is -0.497 e. The summed E-state index contributed by atoms with van der Waals surface area (Å²) >= 11 is 0. The maximum absolute atomic E-state index is 12.2. The molecule has 19 heavy (non-hydrogen) atoms. The van der Waals surface area contributed by atoms with Crippen LogP contribution in [0.4, 0.5) is 0 Å². The molecule has 1 saturated heterocycles. The van der Waals surface area contributed by atoms with Gasteiger partial charge in [-0.2, -0.15) is 0 Å². The number of hydrogen-bond acceptors (Lipinski definition) is 4. The average Bonchev–Trinajstić information content (AvgIpc) is 2.46. The van der Waals surface area contributed by atoms with Crippen molar-refractivity contribution in [2.75, 3.05) is 7.11 Å². The van der Waals surface area contributed by atoms with Crippen molar-refractivity contribution in [1.82, 2.24) is 0 Å². The number of methoxy groups -OCH3 is 1. The summed E-state index contributed by atoms with van der Waals surface area (Å²) in [5, 5.41) is 0. The van der Waals surface area contributed by atoms with E-state index in [1.807, 2.05) is 32.9 Å². The third-order valence-corrected chi connectivity index (χ3v) is 3.19. The second-order valence-corrected chi connectivity index (χ2v) is 5.10. The summed E-state index contributed by atoms with van der Waals surface area (Å²) in [5.41, 5.74) is 0.985. The zero-order valence-electron chi connectivity index (χ0n) is 11.8. The van der Waals surface area contributed by atoms with Crippen LogP contribution in [0.25, 0.3) is 0 Å². The lowest BCUT2D eigenvalue weighted by atomic mass is 10.0. The SMILES string of the molecule is COC1=C[C@@H]2C(=O)O[C@H](C)C[C@H](C)OC2=CC(C)=C1. The van der Waals surface area contributed by atoms with Crippen LogP contribution in [0.1, 0.15) is 27.2 Å². The van der Waals surface area contributed by atoms with Crippen LogP contribution in [0.5, 0.6) is 0 Å². The maximum atomic E-state index is 12.2. The Bertz CT molecular complexity index is 459. The molecule has 2 rings (SSSR count). The van der Waals surface area contributed by atoms with Crippen LogP contribution in [0, 0.1) is 5.92 Å². The second kappa shape index (κ2) is 5.51. The van der Waals surface area contributed by atoms with Crippen molar-refractivity contribution in [3.63, 3.8) is 0 Å². The molecular formula is C15H20O4. The molecule has 0 amide bonds. The van der Waals surface area contributed by atoms with E-state index in [0.29, 0.717) is 17.9 Å². The van der Waals surface area contributed by atoms with Gasteiger partial charge in [-0.15, -0.1) is 0 Å². The van der Waals surface area contributed by atoms with Crippen molar-refractivity contribution < 1.29 is 19.0 Å². The molecule has 0 spiro atoms. The van der Waals surface area contributed by atoms with Gasteiger partial charge in [-0.3, -0.25) is 4.79 Å². The third-order valence-electron chi connectivity index (χ3n) is 3.19. The minimum absolute atomic E-state index is 0.0159. The molecule has 0 radical (unpaired) electrons. The molecule has 4 nitrogen and oxygen atoms in total. The van der Waals surface area contributed by atoms with Gasteiger partial charge in [0, 0.05) is 6.42 Å². The summed E-state index contributed by atoms with van der Waals surface area (Å²) in [5.74, 6) is 0.456. The summed E-state index contributed by atoms with van der Waals surface area (Å²) < 4.78 is 16.6. The van der Waals surface area contributed by atoms with Gasteiger partial charge in [-0.1, -0.05) is 0 Å². The fourth-order valence-electron chi connectivity index (χ4n) is 2.36. The summed E-state index contributed by atoms with van der Waals surface area (Å²) in [6, 6.07) is 0. The first-order valence-electron chi connectivity index (χ1n) is 6.52. The number of carbonyl (C=O) groups excluding carboxylic acids is 1. The lowest BCUT2D eigenvalue weighted by Gasteiger charge is -2.28. The average molecular weight is 264 g/mol. The van der Waals surface area contributed by atoms with E-state index in [1.165, 1.54) is 0 Å². The Morgan fingerprint density at radius 2 is 1.89 bits per heavy atom. The number of allylic oxidation sites excluding steroid dienone is 3. The normalized spacial score (nSPS) is 31.3. The van der Waals surface area contributed by atoms with Crippen LogP contribution >= 0.6 is 0 Å². The van der Waals surface area contributed by atoms with Crippen LogP contribution in [0.2, 0.25) is 0 Å². The monoisotopic (exact) mass is 264 g/mol. The Hall–Kier alpha value is -1.71. The molecule has 0 aromatic heterocycles. The summed E-state index contributed by atoms with van der Waals surface area (Å²) in [7, 11) is 1.58. The highest BCUT2D eigenvalue weighted by Gasteiger charge is 2.31. The summed E-state index contributed by atoms with van der Waals surface area (Å²) in [6.07, 6.45) is 6.07. The van der Waals surface area contributed by atoms with Gasteiger partial charge in [-0.05, 0) is 44.6 Å². The van der Waals surface area contributed by atoms with Crippen molar-refractivity contribution in [3.8, 4) is 0 Å². The molecule has 1 aliphatic carbocycles. The van der Waals surface area contributed by atoms with Gasteiger partial charge in [0.15, 0.2) is 0 Å². The van der Waals surface area contributed by atoms with E-state index in [2.05, 4.69) is 0 Å². The first-order chi connectivity index (χ1) is 8.99. The highest BCUT2D eigenvalue weighted by Crippen LogP contribution is 2.29. The molecule has 2 aliphatic rings. The van der Waals surface area contributed by atoms with Gasteiger partial charge < -0.3 is 14.2 Å². The molecule has 0 aromatic carbocycles. The molecule has 0 unspecified atom stereocenters. The van der Waals surface area contributed by atoms with Crippen LogP contribution < -0.4 is 0 Å². The minimum atomic E-state index is -0.533. The second-order valence-electron chi connectivity index (χ2n) is 5.10. The van der Waals surface area contributed by atoms with E-state index in [1.54, 1.807) is 13.2 Å². The Balaban J connectivity index is 2.38. The summed E-state index contributed by atoms with van der Waals surface area (Å²) in [6.45, 7) is 5.81. The van der Waals surface area contributed by atoms with Crippen molar-refractivity contribution in [1.29, 1.82) is 0 Å². The Morgan fingerprint density at radius 1 is 1.21 bits per heavy atom. The number of esters is 1. The quantitative estimate of drug-likeness (QED) is 0.683. The number of carbonyl (C=O) groups is 1. The van der Waals surface area contributed by atoms with Gasteiger partial charge in [0.1, 0.15) is 23.5 Å². The molecule has 1 fully saturated rings. The predicted octanol–water partition coefficient (Wildman–Crippen LogP) is 2.72. The highest BCUT2D eigenvalue weighted by atomic mass is 16.6. The molecular weight excluding hydrogens is 244 g/mol. The molecule has 0 bridgehead atoms. The van der Waals surface area contributed by atoms with Crippen LogP contribution in [0.3, 0.4) is 0 Å². The van der Waals surface area contributed by atoms with Crippen molar-refractivity contribution in [2.24, 2.45) is 5.92 Å². The van der Waals surface area contributed by atoms with E-state index in [0.717, 1.165) is 5.57 Å². The van der Waals surface area contributed by atoms with E-state index in [9.17, 15) is 4.79 Å². The van der Waals surface area contributed by atoms with Gasteiger partial charge in [-0.25, -0.2) is 0 Å². The lowest BCUT2D eigenvalue weighted by molar-refractivity contribution is -0.156. The number of cyclic esters (lactones) is 1. The number of ether oxygens (including phenoxy) is 3. The van der Waals surface area contributed by atoms with Gasteiger partial charge in [0.05, 0.1) is 13.2 Å². The van der Waals surface area contributed by atoms with Crippen LogP contribution in [0.15, 0.2) is 35.3 Å². The molecule has 1 aliphatic heterocycles. The predicted molar refractivity (Wildman–Crippen MR) is 71.1 cm³/mol. The third kappa shape index (κ3) is 3.19. The first kappa shape index (κ1) is 13.7. The Labute approximate surface area is 113 Å². The van der Waals surface area contributed by atoms with Gasteiger partial charge in [0.25, 0.3) is 0 Å².